The van der Waals surface area contributed by atoms with Crippen LogP contribution in [0.15, 0.2) is 47.6 Å². The fraction of sp³-hybridized carbons (Fsp3) is 0.429. The Morgan fingerprint density at radius 3 is 2.20 bits per heavy atom. The average molecular weight is 342 g/mol. The van der Waals surface area contributed by atoms with E-state index < -0.39 is 17.9 Å². The molecule has 1 aromatic rings. The zero-order valence-electron chi connectivity index (χ0n) is 15.2. The van der Waals surface area contributed by atoms with E-state index in [1.165, 1.54) is 26.2 Å². The van der Waals surface area contributed by atoms with Gasteiger partial charge in [-0.05, 0) is 42.4 Å². The molecule has 0 fully saturated rings. The summed E-state index contributed by atoms with van der Waals surface area (Å²) in [5.41, 5.74) is 3.26. The number of benzene rings is 1. The topological polar surface area (TPSA) is 52.6 Å². The zero-order chi connectivity index (χ0) is 18.2. The van der Waals surface area contributed by atoms with Crippen molar-refractivity contribution >= 4 is 18.0 Å². The SMILES string of the molecule is COC(=O)C(C(=O)OC)C(C)/C(=C\c1ccccc1)C1=CCCCC1. The zero-order valence-corrected chi connectivity index (χ0v) is 15.2. The maximum absolute atomic E-state index is 12.2. The summed E-state index contributed by atoms with van der Waals surface area (Å²) < 4.78 is 9.72. The number of carbonyl (C=O) groups excluding carboxylic acids is 2. The molecule has 0 radical (unpaired) electrons. The van der Waals surface area contributed by atoms with Gasteiger partial charge < -0.3 is 9.47 Å². The predicted molar refractivity (Wildman–Crippen MR) is 97.7 cm³/mol. The highest BCUT2D eigenvalue weighted by Gasteiger charge is 2.37. The highest BCUT2D eigenvalue weighted by molar-refractivity contribution is 5.96. The van der Waals surface area contributed by atoms with Gasteiger partial charge >= 0.3 is 11.9 Å². The minimum Gasteiger partial charge on any atom is -0.468 e. The molecule has 0 heterocycles. The van der Waals surface area contributed by atoms with Crippen molar-refractivity contribution in [3.63, 3.8) is 0 Å². The summed E-state index contributed by atoms with van der Waals surface area (Å²) in [5.74, 6) is -2.42. The third-order valence-electron chi connectivity index (χ3n) is 4.68. The van der Waals surface area contributed by atoms with Crippen molar-refractivity contribution in [2.24, 2.45) is 11.8 Å². The van der Waals surface area contributed by atoms with Gasteiger partial charge in [-0.1, -0.05) is 49.4 Å². The first-order valence-corrected chi connectivity index (χ1v) is 8.70. The van der Waals surface area contributed by atoms with Crippen LogP contribution in [0, 0.1) is 11.8 Å². The van der Waals surface area contributed by atoms with Gasteiger partial charge in [0.05, 0.1) is 14.2 Å². The molecule has 0 N–H and O–H groups in total. The number of methoxy groups -OCH3 is 2. The molecule has 0 amide bonds. The molecule has 1 unspecified atom stereocenters. The Morgan fingerprint density at radius 2 is 1.68 bits per heavy atom. The first-order chi connectivity index (χ1) is 12.1. The normalized spacial score (nSPS) is 16.2. The van der Waals surface area contributed by atoms with Crippen LogP contribution in [0.2, 0.25) is 0 Å². The summed E-state index contributed by atoms with van der Waals surface area (Å²) >= 11 is 0. The van der Waals surface area contributed by atoms with Crippen molar-refractivity contribution in [3.8, 4) is 0 Å². The molecule has 0 aromatic heterocycles. The third-order valence-corrected chi connectivity index (χ3v) is 4.68. The van der Waals surface area contributed by atoms with Crippen LogP contribution in [-0.2, 0) is 19.1 Å². The monoisotopic (exact) mass is 342 g/mol. The van der Waals surface area contributed by atoms with E-state index >= 15 is 0 Å². The van der Waals surface area contributed by atoms with Crippen LogP contribution in [0.4, 0.5) is 0 Å². The third kappa shape index (κ3) is 4.81. The molecular formula is C21H26O4. The molecule has 1 aromatic carbocycles. The molecular weight excluding hydrogens is 316 g/mol. The van der Waals surface area contributed by atoms with Crippen LogP contribution in [0.1, 0.15) is 38.2 Å². The summed E-state index contributed by atoms with van der Waals surface area (Å²) in [6, 6.07) is 9.94. The van der Waals surface area contributed by atoms with Crippen molar-refractivity contribution in [3.05, 3.63) is 53.1 Å². The van der Waals surface area contributed by atoms with Crippen LogP contribution in [0.3, 0.4) is 0 Å². The van der Waals surface area contributed by atoms with Crippen molar-refractivity contribution < 1.29 is 19.1 Å². The van der Waals surface area contributed by atoms with E-state index in [0.717, 1.165) is 30.4 Å². The van der Waals surface area contributed by atoms with E-state index in [1.54, 1.807) is 0 Å². The lowest BCUT2D eigenvalue weighted by molar-refractivity contribution is -0.160. The average Bonchev–Trinajstić information content (AvgIpc) is 2.67. The molecule has 1 aliphatic rings. The number of hydrogen-bond donors (Lipinski definition) is 0. The summed E-state index contributed by atoms with van der Waals surface area (Å²) in [6.45, 7) is 1.89. The maximum atomic E-state index is 12.2. The summed E-state index contributed by atoms with van der Waals surface area (Å²) in [6.07, 6.45) is 8.56. The largest absolute Gasteiger partial charge is 0.468 e. The Morgan fingerprint density at radius 1 is 1.04 bits per heavy atom. The number of hydrogen-bond acceptors (Lipinski definition) is 4. The first-order valence-electron chi connectivity index (χ1n) is 8.70. The molecule has 25 heavy (non-hydrogen) atoms. The summed E-state index contributed by atoms with van der Waals surface area (Å²) in [4.78, 5) is 24.4. The summed E-state index contributed by atoms with van der Waals surface area (Å²) in [5, 5.41) is 0. The van der Waals surface area contributed by atoms with Gasteiger partial charge in [-0.2, -0.15) is 0 Å². The lowest BCUT2D eigenvalue weighted by atomic mass is 9.79. The van der Waals surface area contributed by atoms with Crippen LogP contribution >= 0.6 is 0 Å². The van der Waals surface area contributed by atoms with Crippen LogP contribution in [-0.4, -0.2) is 26.2 Å². The lowest BCUT2D eigenvalue weighted by Crippen LogP contribution is -2.33. The minimum absolute atomic E-state index is 0.329. The molecule has 4 heteroatoms. The van der Waals surface area contributed by atoms with Crippen LogP contribution in [0.25, 0.3) is 6.08 Å². The van der Waals surface area contributed by atoms with Crippen LogP contribution in [0.5, 0.6) is 0 Å². The molecule has 0 spiro atoms. The fourth-order valence-electron chi connectivity index (χ4n) is 3.28. The van der Waals surface area contributed by atoms with Gasteiger partial charge in [-0.3, -0.25) is 9.59 Å². The number of esters is 2. The molecule has 1 atom stereocenters. The summed E-state index contributed by atoms with van der Waals surface area (Å²) in [7, 11) is 2.59. The van der Waals surface area contributed by atoms with Gasteiger partial charge in [0.2, 0.25) is 0 Å². The van der Waals surface area contributed by atoms with E-state index in [-0.39, 0.29) is 5.92 Å². The highest BCUT2D eigenvalue weighted by Crippen LogP contribution is 2.34. The Hall–Kier alpha value is -2.36. The van der Waals surface area contributed by atoms with Gasteiger partial charge in [0.25, 0.3) is 0 Å². The maximum Gasteiger partial charge on any atom is 0.320 e. The van der Waals surface area contributed by atoms with Crippen molar-refractivity contribution in [1.82, 2.24) is 0 Å². The van der Waals surface area contributed by atoms with Crippen LogP contribution < -0.4 is 0 Å². The fourth-order valence-corrected chi connectivity index (χ4v) is 3.28. The quantitative estimate of drug-likeness (QED) is 0.575. The Balaban J connectivity index is 2.46. The van der Waals surface area contributed by atoms with Gasteiger partial charge in [0.15, 0.2) is 5.92 Å². The molecule has 0 saturated carbocycles. The van der Waals surface area contributed by atoms with Crippen molar-refractivity contribution in [2.75, 3.05) is 14.2 Å². The predicted octanol–water partition coefficient (Wildman–Crippen LogP) is 4.17. The van der Waals surface area contributed by atoms with E-state index in [4.69, 9.17) is 9.47 Å². The van der Waals surface area contributed by atoms with E-state index in [2.05, 4.69) is 12.2 Å². The second kappa shape index (κ2) is 9.21. The number of rotatable bonds is 6. The Bertz CT molecular complexity index is 642. The molecule has 0 aliphatic heterocycles. The minimum atomic E-state index is -0.965. The molecule has 4 nitrogen and oxygen atoms in total. The van der Waals surface area contributed by atoms with Gasteiger partial charge in [-0.15, -0.1) is 0 Å². The number of allylic oxidation sites excluding steroid dienone is 3. The van der Waals surface area contributed by atoms with E-state index in [0.29, 0.717) is 0 Å². The molecule has 2 rings (SSSR count). The molecule has 0 saturated heterocycles. The number of carbonyl (C=O) groups is 2. The molecule has 134 valence electrons. The highest BCUT2D eigenvalue weighted by atomic mass is 16.5. The molecule has 0 bridgehead atoms. The van der Waals surface area contributed by atoms with Gasteiger partial charge in [0.1, 0.15) is 0 Å². The Kier molecular flexibility index (Phi) is 6.99. The van der Waals surface area contributed by atoms with Crippen molar-refractivity contribution in [1.29, 1.82) is 0 Å². The second-order valence-corrected chi connectivity index (χ2v) is 6.30. The van der Waals surface area contributed by atoms with Gasteiger partial charge in [-0.25, -0.2) is 0 Å². The van der Waals surface area contributed by atoms with Gasteiger partial charge in [0, 0.05) is 5.92 Å². The van der Waals surface area contributed by atoms with E-state index in [9.17, 15) is 9.59 Å². The number of ether oxygens (including phenoxy) is 2. The second-order valence-electron chi connectivity index (χ2n) is 6.30. The lowest BCUT2D eigenvalue weighted by Gasteiger charge is -2.26. The Labute approximate surface area is 149 Å². The smallest absolute Gasteiger partial charge is 0.320 e. The van der Waals surface area contributed by atoms with Crippen molar-refractivity contribution in [2.45, 2.75) is 32.6 Å². The first kappa shape index (κ1) is 19.0. The van der Waals surface area contributed by atoms with E-state index in [1.807, 2.05) is 37.3 Å². The standard InChI is InChI=1S/C21H26O4/c1-15(19(20(22)24-2)21(23)25-3)18(17-12-8-5-9-13-17)14-16-10-6-4-7-11-16/h4,6-7,10-12,14-15,19H,5,8-9,13H2,1-3H3/b18-14+. The molecule has 1 aliphatic carbocycles.